The summed E-state index contributed by atoms with van der Waals surface area (Å²) in [5, 5.41) is 17.4. The van der Waals surface area contributed by atoms with Crippen LogP contribution in [-0.2, 0) is 28.2 Å². The van der Waals surface area contributed by atoms with E-state index < -0.39 is 56.5 Å². The van der Waals surface area contributed by atoms with Crippen LogP contribution in [0.15, 0.2) is 66.9 Å². The first-order valence-corrected chi connectivity index (χ1v) is 16.4. The highest BCUT2D eigenvalue weighted by molar-refractivity contribution is 7.52. The van der Waals surface area contributed by atoms with E-state index >= 15 is 0 Å². The molecule has 2 aliphatic heterocycles. The minimum absolute atomic E-state index is 0.0225. The van der Waals surface area contributed by atoms with Crippen molar-refractivity contribution < 1.29 is 42.2 Å². The van der Waals surface area contributed by atoms with Crippen molar-refractivity contribution in [1.29, 1.82) is 0 Å². The van der Waals surface area contributed by atoms with E-state index in [9.17, 15) is 23.7 Å². The Hall–Kier alpha value is -3.28. The standard InChI is InChI=1S/C31H41FN3O8P/c1-5-6-9-15-40-31(38)25(16-20(2)3)34-44(39,43-27-14-10-12-22-11-7-8-13-23(22)27)41-19-28-26(36)17-29(42-28)35-18-24(32)30(37)33-21(35)4/h7-8,10-14,18,20,25-26,28-29,36H,4-6,9,15-17,19H2,1-3H3,(H,33,37)(H,34,39)/t25-,26+,28+,29+,44?/m0/s1. The van der Waals surface area contributed by atoms with Gasteiger partial charge in [-0.05, 0) is 30.2 Å². The number of hydrogen-bond donors (Lipinski definition) is 3. The molecule has 1 amide bonds. The number of carbonyl (C=O) groups excluding carboxylic acids is 2. The number of ether oxygens (including phenoxy) is 2. The number of benzene rings is 2. The molecule has 240 valence electrons. The van der Waals surface area contributed by atoms with Crippen molar-refractivity contribution in [3.8, 4) is 5.75 Å². The van der Waals surface area contributed by atoms with Crippen LogP contribution in [0.4, 0.5) is 4.39 Å². The van der Waals surface area contributed by atoms with Crippen LogP contribution in [0.5, 0.6) is 5.75 Å². The molecule has 0 saturated carbocycles. The van der Waals surface area contributed by atoms with Crippen LogP contribution in [-0.4, -0.2) is 59.6 Å². The summed E-state index contributed by atoms with van der Waals surface area (Å²) in [5.74, 6) is -2.15. The van der Waals surface area contributed by atoms with Gasteiger partial charge in [-0.25, -0.2) is 4.57 Å². The van der Waals surface area contributed by atoms with Crippen molar-refractivity contribution in [3.05, 3.63) is 66.9 Å². The number of hydrogen-bond acceptors (Lipinski definition) is 9. The number of amides is 1. The molecule has 0 aliphatic carbocycles. The molecule has 13 heteroatoms. The third-order valence-electron chi connectivity index (χ3n) is 7.23. The summed E-state index contributed by atoms with van der Waals surface area (Å²) in [7, 11) is -4.32. The third kappa shape index (κ3) is 8.67. The van der Waals surface area contributed by atoms with Gasteiger partial charge in [0, 0.05) is 18.0 Å². The lowest BCUT2D eigenvalue weighted by Crippen LogP contribution is -2.42. The molecule has 2 aromatic carbocycles. The molecule has 5 atom stereocenters. The van der Waals surface area contributed by atoms with E-state index in [0.29, 0.717) is 18.2 Å². The predicted octanol–water partition coefficient (Wildman–Crippen LogP) is 5.27. The number of fused-ring (bicyclic) bond motifs is 1. The first-order chi connectivity index (χ1) is 21.0. The molecule has 1 fully saturated rings. The molecule has 1 unspecified atom stereocenters. The van der Waals surface area contributed by atoms with Gasteiger partial charge in [0.25, 0.3) is 5.91 Å². The first-order valence-electron chi connectivity index (χ1n) is 14.9. The van der Waals surface area contributed by atoms with E-state index in [4.69, 9.17) is 18.5 Å². The number of aliphatic hydroxyl groups excluding tert-OH is 1. The number of esters is 1. The average Bonchev–Trinajstić information content (AvgIpc) is 3.35. The summed E-state index contributed by atoms with van der Waals surface area (Å²) < 4.78 is 51.8. The molecule has 11 nitrogen and oxygen atoms in total. The van der Waals surface area contributed by atoms with Gasteiger partial charge in [-0.1, -0.05) is 76.6 Å². The van der Waals surface area contributed by atoms with Gasteiger partial charge in [0.05, 0.1) is 19.3 Å². The van der Waals surface area contributed by atoms with Crippen molar-refractivity contribution in [3.63, 3.8) is 0 Å². The zero-order valence-corrected chi connectivity index (χ0v) is 26.1. The molecule has 0 aromatic heterocycles. The van der Waals surface area contributed by atoms with Crippen LogP contribution in [0.25, 0.3) is 10.8 Å². The van der Waals surface area contributed by atoms with Gasteiger partial charge in [-0.3, -0.25) is 14.1 Å². The van der Waals surface area contributed by atoms with Crippen molar-refractivity contribution in [2.24, 2.45) is 5.92 Å². The van der Waals surface area contributed by atoms with Gasteiger partial charge in [-0.2, -0.15) is 9.48 Å². The van der Waals surface area contributed by atoms with Gasteiger partial charge in [0.15, 0.2) is 0 Å². The number of nitrogens with zero attached hydrogens (tertiary/aromatic N) is 1. The van der Waals surface area contributed by atoms with Crippen molar-refractivity contribution in [2.45, 2.75) is 77.4 Å². The molecular weight excluding hydrogens is 592 g/mol. The Morgan fingerprint density at radius 3 is 2.75 bits per heavy atom. The molecule has 3 N–H and O–H groups in total. The number of nitrogens with one attached hydrogen (secondary N) is 2. The second kappa shape index (κ2) is 15.1. The summed E-state index contributed by atoms with van der Waals surface area (Å²) in [6, 6.07) is 11.7. The Balaban J connectivity index is 1.55. The maximum Gasteiger partial charge on any atom is 0.459 e. The Kier molecular flexibility index (Phi) is 11.6. The summed E-state index contributed by atoms with van der Waals surface area (Å²) in [5.41, 5.74) is 0. The molecule has 1 saturated heterocycles. The highest BCUT2D eigenvalue weighted by Gasteiger charge is 2.42. The largest absolute Gasteiger partial charge is 0.465 e. The van der Waals surface area contributed by atoms with Crippen molar-refractivity contribution >= 4 is 30.4 Å². The van der Waals surface area contributed by atoms with E-state index in [0.717, 1.165) is 24.4 Å². The Labute approximate surface area is 257 Å². The molecular formula is C31H41FN3O8P. The van der Waals surface area contributed by atoms with Crippen LogP contribution in [0.2, 0.25) is 0 Å². The third-order valence-corrected chi connectivity index (χ3v) is 8.78. The predicted molar refractivity (Wildman–Crippen MR) is 163 cm³/mol. The molecule has 2 aromatic rings. The van der Waals surface area contributed by atoms with E-state index in [1.54, 1.807) is 12.1 Å². The highest BCUT2D eigenvalue weighted by Crippen LogP contribution is 2.48. The van der Waals surface area contributed by atoms with E-state index in [1.165, 1.54) is 4.90 Å². The van der Waals surface area contributed by atoms with Gasteiger partial charge in [0.1, 0.15) is 29.9 Å². The number of rotatable bonds is 15. The van der Waals surface area contributed by atoms with Crippen LogP contribution in [0.1, 0.15) is 52.9 Å². The lowest BCUT2D eigenvalue weighted by molar-refractivity contribution is -0.146. The molecule has 4 rings (SSSR count). The van der Waals surface area contributed by atoms with Gasteiger partial charge >= 0.3 is 13.7 Å². The van der Waals surface area contributed by atoms with Crippen molar-refractivity contribution in [2.75, 3.05) is 13.2 Å². The lowest BCUT2D eigenvalue weighted by Gasteiger charge is -2.31. The molecule has 0 bridgehead atoms. The lowest BCUT2D eigenvalue weighted by atomic mass is 10.1. The maximum atomic E-state index is 14.4. The van der Waals surface area contributed by atoms with Gasteiger partial charge in [-0.15, -0.1) is 0 Å². The summed E-state index contributed by atoms with van der Waals surface area (Å²) in [6.07, 6.45) is 0.873. The zero-order valence-electron chi connectivity index (χ0n) is 25.2. The summed E-state index contributed by atoms with van der Waals surface area (Å²) in [4.78, 5) is 26.0. The number of aliphatic hydroxyl groups is 1. The molecule has 44 heavy (non-hydrogen) atoms. The number of carbonyl (C=O) groups is 2. The van der Waals surface area contributed by atoms with Crippen LogP contribution in [0.3, 0.4) is 0 Å². The maximum absolute atomic E-state index is 14.4. The number of halogens is 1. The highest BCUT2D eigenvalue weighted by atomic mass is 31.2. The fraction of sp³-hybridized carbons (Fsp3) is 0.484. The molecule has 0 radical (unpaired) electrons. The van der Waals surface area contributed by atoms with E-state index in [1.807, 2.05) is 51.1 Å². The topological polar surface area (TPSA) is 136 Å². The SMILES string of the molecule is C=C1NC(=O)C(F)=CN1[C@H]1C[C@@H](O)[C@@H](COP(=O)(N[C@@H](CC(C)C)C(=O)OCCCCC)Oc2cccc3ccccc23)O1. The summed E-state index contributed by atoms with van der Waals surface area (Å²) >= 11 is 0. The summed E-state index contributed by atoms with van der Waals surface area (Å²) in [6.45, 7) is 9.44. The normalized spacial score (nSPS) is 22.5. The van der Waals surface area contributed by atoms with Gasteiger partial charge < -0.3 is 29.3 Å². The number of unbranched alkanes of at least 4 members (excludes halogenated alkanes) is 2. The van der Waals surface area contributed by atoms with E-state index in [2.05, 4.69) is 17.0 Å². The molecule has 0 spiro atoms. The first kappa shape index (κ1) is 33.6. The second-order valence-electron chi connectivity index (χ2n) is 11.3. The quantitative estimate of drug-likeness (QED) is 0.135. The Morgan fingerprint density at radius 2 is 2.00 bits per heavy atom. The van der Waals surface area contributed by atoms with Crippen LogP contribution in [0, 0.1) is 5.92 Å². The minimum Gasteiger partial charge on any atom is -0.465 e. The average molecular weight is 634 g/mol. The fourth-order valence-corrected chi connectivity index (χ4v) is 6.50. The minimum atomic E-state index is -4.32. The molecule has 2 aliphatic rings. The van der Waals surface area contributed by atoms with Gasteiger partial charge in [0.2, 0.25) is 5.83 Å². The fourth-order valence-electron chi connectivity index (χ4n) is 4.96. The van der Waals surface area contributed by atoms with Crippen LogP contribution >= 0.6 is 7.75 Å². The second-order valence-corrected chi connectivity index (χ2v) is 13.0. The van der Waals surface area contributed by atoms with E-state index in [-0.39, 0.29) is 30.5 Å². The molecule has 2 heterocycles. The Morgan fingerprint density at radius 1 is 1.25 bits per heavy atom. The monoisotopic (exact) mass is 633 g/mol. The smallest absolute Gasteiger partial charge is 0.459 e. The Bertz CT molecular complexity index is 1410. The van der Waals surface area contributed by atoms with Crippen LogP contribution < -0.4 is 14.9 Å². The zero-order chi connectivity index (χ0) is 31.9. The van der Waals surface area contributed by atoms with Crippen molar-refractivity contribution in [1.82, 2.24) is 15.3 Å².